The van der Waals surface area contributed by atoms with Crippen molar-refractivity contribution >= 4 is 11.9 Å². The highest BCUT2D eigenvalue weighted by Crippen LogP contribution is 2.32. The molecule has 0 aromatic heterocycles. The van der Waals surface area contributed by atoms with E-state index in [2.05, 4.69) is 6.58 Å². The molecule has 1 aliphatic rings. The second-order valence-corrected chi connectivity index (χ2v) is 4.41. The van der Waals surface area contributed by atoms with Crippen LogP contribution in [0, 0.1) is 0 Å². The first kappa shape index (κ1) is 14.9. The first-order valence-electron chi connectivity index (χ1n) is 6.43. The van der Waals surface area contributed by atoms with E-state index >= 15 is 0 Å². The maximum Gasteiger partial charge on any atom is 0.348 e. The van der Waals surface area contributed by atoms with Crippen LogP contribution in [0.5, 0.6) is 11.5 Å². The van der Waals surface area contributed by atoms with Gasteiger partial charge < -0.3 is 18.9 Å². The van der Waals surface area contributed by atoms with Gasteiger partial charge in [-0.3, -0.25) is 4.79 Å². The van der Waals surface area contributed by atoms with E-state index in [1.165, 1.54) is 13.0 Å². The monoisotopic (exact) mass is 292 g/mol. The Balaban J connectivity index is 2.08. The number of carbonyl (C=O) groups excluding carboxylic acids is 2. The van der Waals surface area contributed by atoms with Crippen molar-refractivity contribution in [3.8, 4) is 11.5 Å². The molecular formula is C15H16O6. The highest BCUT2D eigenvalue weighted by Gasteiger charge is 2.24. The molecule has 2 rings (SSSR count). The summed E-state index contributed by atoms with van der Waals surface area (Å²) in [6.45, 7) is 4.95. The maximum atomic E-state index is 11.9. The van der Waals surface area contributed by atoms with Crippen molar-refractivity contribution in [3.63, 3.8) is 0 Å². The largest absolute Gasteiger partial charge is 0.459 e. The molecule has 0 bridgehead atoms. The number of hydrogen-bond acceptors (Lipinski definition) is 6. The molecule has 21 heavy (non-hydrogen) atoms. The van der Waals surface area contributed by atoms with Crippen LogP contribution in [-0.4, -0.2) is 31.4 Å². The molecular weight excluding hydrogens is 276 g/mol. The SMILES string of the molecule is C=CCOC(=O)[C@H](Cc1ccc2c(c1)OCO2)OC(C)=O. The number of rotatable bonds is 6. The Kier molecular flexibility index (Phi) is 4.81. The van der Waals surface area contributed by atoms with E-state index in [0.717, 1.165) is 5.56 Å². The van der Waals surface area contributed by atoms with E-state index in [4.69, 9.17) is 18.9 Å². The summed E-state index contributed by atoms with van der Waals surface area (Å²) < 4.78 is 20.4. The zero-order valence-electron chi connectivity index (χ0n) is 11.7. The van der Waals surface area contributed by atoms with Crippen LogP contribution in [0.3, 0.4) is 0 Å². The Morgan fingerprint density at radius 3 is 2.86 bits per heavy atom. The summed E-state index contributed by atoms with van der Waals surface area (Å²) in [6.07, 6.45) is 0.651. The standard InChI is InChI=1S/C15H16O6/c1-3-6-18-15(17)14(21-10(2)16)8-11-4-5-12-13(7-11)20-9-19-12/h3-5,7,14H,1,6,8-9H2,2H3/t14-/m0/s1. The second kappa shape index (κ2) is 6.78. The fourth-order valence-electron chi connectivity index (χ4n) is 1.89. The van der Waals surface area contributed by atoms with E-state index in [0.29, 0.717) is 11.5 Å². The summed E-state index contributed by atoms with van der Waals surface area (Å²) in [7, 11) is 0. The molecule has 6 heteroatoms. The molecule has 0 spiro atoms. The molecule has 0 saturated carbocycles. The summed E-state index contributed by atoms with van der Waals surface area (Å²) in [4.78, 5) is 23.0. The van der Waals surface area contributed by atoms with Gasteiger partial charge in [-0.15, -0.1) is 0 Å². The van der Waals surface area contributed by atoms with Gasteiger partial charge in [-0.05, 0) is 17.7 Å². The molecule has 1 aromatic rings. The molecule has 0 saturated heterocycles. The minimum atomic E-state index is -0.997. The average Bonchev–Trinajstić information content (AvgIpc) is 2.91. The lowest BCUT2D eigenvalue weighted by atomic mass is 10.1. The first-order valence-corrected chi connectivity index (χ1v) is 6.43. The van der Waals surface area contributed by atoms with E-state index < -0.39 is 18.0 Å². The molecule has 6 nitrogen and oxygen atoms in total. The zero-order valence-corrected chi connectivity index (χ0v) is 11.7. The molecule has 0 amide bonds. The van der Waals surface area contributed by atoms with Crippen molar-refractivity contribution in [1.82, 2.24) is 0 Å². The number of hydrogen-bond donors (Lipinski definition) is 0. The van der Waals surface area contributed by atoms with Gasteiger partial charge in [0.15, 0.2) is 11.5 Å². The van der Waals surface area contributed by atoms with Gasteiger partial charge in [0.1, 0.15) is 6.61 Å². The molecule has 1 aliphatic heterocycles. The zero-order chi connectivity index (χ0) is 15.2. The van der Waals surface area contributed by atoms with Crippen LogP contribution >= 0.6 is 0 Å². The molecule has 0 radical (unpaired) electrons. The predicted octanol–water partition coefficient (Wildman–Crippen LogP) is 1.62. The highest BCUT2D eigenvalue weighted by molar-refractivity contribution is 5.79. The van der Waals surface area contributed by atoms with Crippen molar-refractivity contribution < 1.29 is 28.5 Å². The van der Waals surface area contributed by atoms with Crippen LogP contribution in [-0.2, 0) is 25.5 Å². The van der Waals surface area contributed by atoms with Gasteiger partial charge in [-0.1, -0.05) is 18.7 Å². The first-order chi connectivity index (χ1) is 10.1. The Morgan fingerprint density at radius 1 is 1.38 bits per heavy atom. The lowest BCUT2D eigenvalue weighted by Gasteiger charge is -2.15. The number of esters is 2. The molecule has 112 valence electrons. The van der Waals surface area contributed by atoms with Crippen LogP contribution in [0.15, 0.2) is 30.9 Å². The van der Waals surface area contributed by atoms with Crippen LogP contribution in [0.25, 0.3) is 0 Å². The second-order valence-electron chi connectivity index (χ2n) is 4.41. The smallest absolute Gasteiger partial charge is 0.348 e. The minimum absolute atomic E-state index is 0.0672. The summed E-state index contributed by atoms with van der Waals surface area (Å²) in [5.74, 6) is 0.101. The molecule has 0 N–H and O–H groups in total. The van der Waals surface area contributed by atoms with Crippen molar-refractivity contribution in [2.45, 2.75) is 19.4 Å². The lowest BCUT2D eigenvalue weighted by Crippen LogP contribution is -2.30. The highest BCUT2D eigenvalue weighted by atomic mass is 16.7. The molecule has 0 aliphatic carbocycles. The lowest BCUT2D eigenvalue weighted by molar-refractivity contribution is -0.165. The number of fused-ring (bicyclic) bond motifs is 1. The van der Waals surface area contributed by atoms with E-state index in [-0.39, 0.29) is 19.8 Å². The quantitative estimate of drug-likeness (QED) is 0.586. The van der Waals surface area contributed by atoms with Gasteiger partial charge >= 0.3 is 11.9 Å². The normalized spacial score (nSPS) is 13.4. The maximum absolute atomic E-state index is 11.9. The fraction of sp³-hybridized carbons (Fsp3) is 0.333. The summed E-state index contributed by atoms with van der Waals surface area (Å²) in [5, 5.41) is 0. The van der Waals surface area contributed by atoms with Crippen molar-refractivity contribution in [2.24, 2.45) is 0 Å². The van der Waals surface area contributed by atoms with Gasteiger partial charge in [0, 0.05) is 13.3 Å². The van der Waals surface area contributed by atoms with Gasteiger partial charge in [0.05, 0.1) is 0 Å². The molecule has 1 aromatic carbocycles. The Morgan fingerprint density at radius 2 is 2.14 bits per heavy atom. The van der Waals surface area contributed by atoms with Crippen LogP contribution in [0.2, 0.25) is 0 Å². The minimum Gasteiger partial charge on any atom is -0.459 e. The Hall–Kier alpha value is -2.50. The fourth-order valence-corrected chi connectivity index (χ4v) is 1.89. The molecule has 1 atom stereocenters. The molecule has 1 heterocycles. The van der Waals surface area contributed by atoms with Crippen molar-refractivity contribution in [1.29, 1.82) is 0 Å². The van der Waals surface area contributed by atoms with Gasteiger partial charge in [-0.25, -0.2) is 4.79 Å². The number of benzene rings is 1. The van der Waals surface area contributed by atoms with Gasteiger partial charge in [0.25, 0.3) is 0 Å². The van der Waals surface area contributed by atoms with Gasteiger partial charge in [-0.2, -0.15) is 0 Å². The summed E-state index contributed by atoms with van der Waals surface area (Å²) in [5.41, 5.74) is 0.779. The molecule has 0 fully saturated rings. The number of ether oxygens (including phenoxy) is 4. The van der Waals surface area contributed by atoms with Gasteiger partial charge in [0.2, 0.25) is 12.9 Å². The topological polar surface area (TPSA) is 71.1 Å². The third kappa shape index (κ3) is 3.98. The third-order valence-electron chi connectivity index (χ3n) is 2.77. The average molecular weight is 292 g/mol. The van der Waals surface area contributed by atoms with Crippen molar-refractivity contribution in [3.05, 3.63) is 36.4 Å². The van der Waals surface area contributed by atoms with E-state index in [1.807, 2.05) is 0 Å². The Labute approximate surface area is 122 Å². The predicted molar refractivity (Wildman–Crippen MR) is 73.0 cm³/mol. The summed E-state index contributed by atoms with van der Waals surface area (Å²) >= 11 is 0. The molecule has 0 unspecified atom stereocenters. The van der Waals surface area contributed by atoms with Crippen LogP contribution in [0.4, 0.5) is 0 Å². The van der Waals surface area contributed by atoms with E-state index in [1.54, 1.807) is 18.2 Å². The van der Waals surface area contributed by atoms with Crippen LogP contribution < -0.4 is 9.47 Å². The van der Waals surface area contributed by atoms with E-state index in [9.17, 15) is 9.59 Å². The van der Waals surface area contributed by atoms with Crippen molar-refractivity contribution in [2.75, 3.05) is 13.4 Å². The summed E-state index contributed by atoms with van der Waals surface area (Å²) in [6, 6.07) is 5.28. The van der Waals surface area contributed by atoms with Crippen LogP contribution in [0.1, 0.15) is 12.5 Å². The third-order valence-corrected chi connectivity index (χ3v) is 2.77. The Bertz CT molecular complexity index is 551. The number of carbonyl (C=O) groups is 2.